The molecule has 1 aromatic rings. The molecule has 0 bridgehead atoms. The Bertz CT molecular complexity index is 497. The molecule has 3 rings (SSSR count). The number of carbonyl (C=O) groups is 1. The lowest BCUT2D eigenvalue weighted by atomic mass is 9.98. The van der Waals surface area contributed by atoms with Crippen molar-refractivity contribution >= 4 is 12.1 Å². The number of benzene rings is 1. The molecule has 2 saturated heterocycles. The zero-order chi connectivity index (χ0) is 16.1. The minimum Gasteiger partial charge on any atom is -0.493 e. The summed E-state index contributed by atoms with van der Waals surface area (Å²) in [5.74, 6) is 1.47. The van der Waals surface area contributed by atoms with Crippen molar-refractivity contribution in [1.29, 1.82) is 0 Å². The normalized spacial score (nSPS) is 22.9. The third-order valence-electron chi connectivity index (χ3n) is 4.94. The van der Waals surface area contributed by atoms with Crippen molar-refractivity contribution < 1.29 is 9.53 Å². The number of amides is 1. The van der Waals surface area contributed by atoms with Gasteiger partial charge in [-0.25, -0.2) is 0 Å². The largest absolute Gasteiger partial charge is 0.493 e. The van der Waals surface area contributed by atoms with Crippen molar-refractivity contribution in [3.8, 4) is 5.75 Å². The molecule has 1 aromatic carbocycles. The summed E-state index contributed by atoms with van der Waals surface area (Å²) in [5.41, 5.74) is 7.28. The van der Waals surface area contributed by atoms with E-state index in [0.717, 1.165) is 64.2 Å². The van der Waals surface area contributed by atoms with Gasteiger partial charge in [-0.15, -0.1) is 0 Å². The summed E-state index contributed by atoms with van der Waals surface area (Å²) in [7, 11) is 0. The van der Waals surface area contributed by atoms with E-state index in [4.69, 9.17) is 10.5 Å². The maximum Gasteiger partial charge on any atom is 0.209 e. The first-order valence-electron chi connectivity index (χ1n) is 8.67. The van der Waals surface area contributed by atoms with Crippen LogP contribution in [-0.4, -0.2) is 50.1 Å². The number of carbonyl (C=O) groups excluding carboxylic acids is 1. The van der Waals surface area contributed by atoms with E-state index in [2.05, 4.69) is 29.2 Å². The predicted molar refractivity (Wildman–Crippen MR) is 91.7 cm³/mol. The Morgan fingerprint density at radius 1 is 1.13 bits per heavy atom. The van der Waals surface area contributed by atoms with Gasteiger partial charge >= 0.3 is 0 Å². The quantitative estimate of drug-likeness (QED) is 0.842. The van der Waals surface area contributed by atoms with E-state index in [9.17, 15) is 4.79 Å². The Hall–Kier alpha value is -1.75. The van der Waals surface area contributed by atoms with Crippen LogP contribution in [0.25, 0.3) is 0 Å². The fourth-order valence-corrected chi connectivity index (χ4v) is 3.44. The topological polar surface area (TPSA) is 58.8 Å². The Balaban J connectivity index is 1.47. The number of nitrogens with two attached hydrogens (primary N) is 1. The standard InChI is InChI=1S/C18H27N3O2/c19-16-2-1-9-21(12-16)17-3-5-18(6-4-17)23-13-15-7-10-20(14-22)11-8-15/h3-6,14-16H,1-2,7-13,19H2. The van der Waals surface area contributed by atoms with Gasteiger partial charge in [0.25, 0.3) is 0 Å². The molecule has 2 heterocycles. The highest BCUT2D eigenvalue weighted by Crippen LogP contribution is 2.24. The maximum absolute atomic E-state index is 10.7. The molecule has 5 nitrogen and oxygen atoms in total. The van der Waals surface area contributed by atoms with Gasteiger partial charge in [-0.05, 0) is 55.9 Å². The van der Waals surface area contributed by atoms with Crippen molar-refractivity contribution in [3.63, 3.8) is 0 Å². The van der Waals surface area contributed by atoms with Crippen LogP contribution >= 0.6 is 0 Å². The highest BCUT2D eigenvalue weighted by atomic mass is 16.5. The molecule has 1 unspecified atom stereocenters. The highest BCUT2D eigenvalue weighted by molar-refractivity contribution is 5.49. The lowest BCUT2D eigenvalue weighted by molar-refractivity contribution is -0.119. The first kappa shape index (κ1) is 16.1. The molecule has 126 valence electrons. The van der Waals surface area contributed by atoms with Crippen LogP contribution in [0.5, 0.6) is 5.75 Å². The van der Waals surface area contributed by atoms with E-state index < -0.39 is 0 Å². The van der Waals surface area contributed by atoms with Crippen molar-refractivity contribution in [2.24, 2.45) is 11.7 Å². The number of nitrogens with zero attached hydrogens (tertiary/aromatic N) is 2. The van der Waals surface area contributed by atoms with Crippen LogP contribution in [0.15, 0.2) is 24.3 Å². The number of hydrogen-bond acceptors (Lipinski definition) is 4. The third-order valence-corrected chi connectivity index (χ3v) is 4.94. The van der Waals surface area contributed by atoms with Crippen LogP contribution in [0.4, 0.5) is 5.69 Å². The molecule has 2 fully saturated rings. The summed E-state index contributed by atoms with van der Waals surface area (Å²) in [6, 6.07) is 8.65. The van der Waals surface area contributed by atoms with Crippen LogP contribution in [0.3, 0.4) is 0 Å². The van der Waals surface area contributed by atoms with Gasteiger partial charge < -0.3 is 20.3 Å². The van der Waals surface area contributed by atoms with Gasteiger partial charge in [0.1, 0.15) is 5.75 Å². The van der Waals surface area contributed by atoms with Crippen LogP contribution in [0, 0.1) is 5.92 Å². The summed E-state index contributed by atoms with van der Waals surface area (Å²) in [6.45, 7) is 4.47. The molecule has 0 aromatic heterocycles. The van der Waals surface area contributed by atoms with Crippen molar-refractivity contribution in [1.82, 2.24) is 4.90 Å². The van der Waals surface area contributed by atoms with Crippen molar-refractivity contribution in [3.05, 3.63) is 24.3 Å². The summed E-state index contributed by atoms with van der Waals surface area (Å²) < 4.78 is 5.93. The molecule has 1 amide bonds. The fraction of sp³-hybridized carbons (Fsp3) is 0.611. The fourth-order valence-electron chi connectivity index (χ4n) is 3.44. The summed E-state index contributed by atoms with van der Waals surface area (Å²) in [4.78, 5) is 14.9. The molecule has 2 aliphatic rings. The average Bonchev–Trinajstić information content (AvgIpc) is 2.61. The number of piperidine rings is 2. The molecule has 1 atom stereocenters. The van der Waals surface area contributed by atoms with E-state index in [0.29, 0.717) is 5.92 Å². The summed E-state index contributed by atoms with van der Waals surface area (Å²) in [6.07, 6.45) is 5.30. The second-order valence-corrected chi connectivity index (χ2v) is 6.74. The van der Waals surface area contributed by atoms with Crippen molar-refractivity contribution in [2.45, 2.75) is 31.7 Å². The van der Waals surface area contributed by atoms with Crippen LogP contribution in [0.1, 0.15) is 25.7 Å². The third kappa shape index (κ3) is 4.38. The first-order chi connectivity index (χ1) is 11.2. The van der Waals surface area contributed by atoms with E-state index in [1.165, 1.54) is 12.1 Å². The van der Waals surface area contributed by atoms with Gasteiger partial charge in [0.15, 0.2) is 0 Å². The molecule has 23 heavy (non-hydrogen) atoms. The Morgan fingerprint density at radius 2 is 1.87 bits per heavy atom. The molecule has 0 saturated carbocycles. The van der Waals surface area contributed by atoms with Gasteiger partial charge in [-0.3, -0.25) is 4.79 Å². The zero-order valence-electron chi connectivity index (χ0n) is 13.7. The zero-order valence-corrected chi connectivity index (χ0v) is 13.7. The summed E-state index contributed by atoms with van der Waals surface area (Å²) >= 11 is 0. The monoisotopic (exact) mass is 317 g/mol. The number of likely N-dealkylation sites (tertiary alicyclic amines) is 1. The van der Waals surface area contributed by atoms with Gasteiger partial charge in [0.2, 0.25) is 6.41 Å². The molecule has 0 spiro atoms. The second-order valence-electron chi connectivity index (χ2n) is 6.74. The predicted octanol–water partition coefficient (Wildman–Crippen LogP) is 1.86. The first-order valence-corrected chi connectivity index (χ1v) is 8.67. The van der Waals surface area contributed by atoms with E-state index >= 15 is 0 Å². The van der Waals surface area contributed by atoms with Gasteiger partial charge in [-0.2, -0.15) is 0 Å². The Morgan fingerprint density at radius 3 is 2.52 bits per heavy atom. The average molecular weight is 317 g/mol. The van der Waals surface area contributed by atoms with E-state index in [-0.39, 0.29) is 6.04 Å². The Kier molecular flexibility index (Phi) is 5.39. The van der Waals surface area contributed by atoms with E-state index in [1.807, 2.05) is 4.90 Å². The van der Waals surface area contributed by atoms with Crippen LogP contribution in [0.2, 0.25) is 0 Å². The SMILES string of the molecule is NC1CCCN(c2ccc(OCC3CCN(C=O)CC3)cc2)C1. The molecule has 0 aliphatic carbocycles. The van der Waals surface area contributed by atoms with Gasteiger partial charge in [0, 0.05) is 37.9 Å². The molecule has 0 radical (unpaired) electrons. The van der Waals surface area contributed by atoms with Crippen LogP contribution in [-0.2, 0) is 4.79 Å². The minimum absolute atomic E-state index is 0.289. The van der Waals surface area contributed by atoms with Gasteiger partial charge in [-0.1, -0.05) is 0 Å². The maximum atomic E-state index is 10.7. The molecule has 2 N–H and O–H groups in total. The molecule has 5 heteroatoms. The van der Waals surface area contributed by atoms with E-state index in [1.54, 1.807) is 0 Å². The molecular weight excluding hydrogens is 290 g/mol. The number of ether oxygens (including phenoxy) is 1. The number of rotatable bonds is 5. The Labute approximate surface area is 138 Å². The lowest BCUT2D eigenvalue weighted by Crippen LogP contribution is -2.42. The number of hydrogen-bond donors (Lipinski definition) is 1. The van der Waals surface area contributed by atoms with Crippen LogP contribution < -0.4 is 15.4 Å². The highest BCUT2D eigenvalue weighted by Gasteiger charge is 2.19. The summed E-state index contributed by atoms with van der Waals surface area (Å²) in [5, 5.41) is 0. The molecule has 2 aliphatic heterocycles. The minimum atomic E-state index is 0.289. The lowest BCUT2D eigenvalue weighted by Gasteiger charge is -2.32. The molecular formula is C18H27N3O2. The van der Waals surface area contributed by atoms with Gasteiger partial charge in [0.05, 0.1) is 6.61 Å². The smallest absolute Gasteiger partial charge is 0.209 e. The number of anilines is 1. The second kappa shape index (κ2) is 7.68. The van der Waals surface area contributed by atoms with Crippen molar-refractivity contribution in [2.75, 3.05) is 37.7 Å².